The van der Waals surface area contributed by atoms with Gasteiger partial charge in [-0.2, -0.15) is 0 Å². The van der Waals surface area contributed by atoms with Crippen molar-refractivity contribution < 1.29 is 27.2 Å². The minimum atomic E-state index is -1.70. The Morgan fingerprint density at radius 2 is 1.50 bits per heavy atom. The Kier molecular flexibility index (Phi) is 7.21. The maximum Gasteiger partial charge on any atom is 0.246 e. The number of hydrogen-bond acceptors (Lipinski definition) is 3. The third-order valence-electron chi connectivity index (χ3n) is 4.62. The number of benzene rings is 3. The molecule has 0 aromatic heterocycles. The van der Waals surface area contributed by atoms with Crippen LogP contribution in [-0.2, 0) is 9.59 Å². The lowest BCUT2D eigenvalue weighted by Gasteiger charge is -2.27. The molecule has 9 heteroatoms. The summed E-state index contributed by atoms with van der Waals surface area (Å²) >= 11 is 0. The molecule has 2 amide bonds. The van der Waals surface area contributed by atoms with Crippen LogP contribution in [0.15, 0.2) is 66.7 Å². The van der Waals surface area contributed by atoms with E-state index in [1.54, 1.807) is 30.3 Å². The van der Waals surface area contributed by atoms with Gasteiger partial charge in [-0.1, -0.05) is 30.3 Å². The lowest BCUT2D eigenvalue weighted by Crippen LogP contribution is -2.39. The molecule has 32 heavy (non-hydrogen) atoms. The van der Waals surface area contributed by atoms with E-state index < -0.39 is 46.8 Å². The highest BCUT2D eigenvalue weighted by molar-refractivity contribution is 5.97. The maximum atomic E-state index is 13.8. The largest absolute Gasteiger partial charge is 0.324 e. The van der Waals surface area contributed by atoms with E-state index in [1.807, 2.05) is 0 Å². The Hall–Kier alpha value is -3.72. The fourth-order valence-corrected chi connectivity index (χ4v) is 3.12. The van der Waals surface area contributed by atoms with Crippen LogP contribution in [-0.4, -0.2) is 30.3 Å². The molecule has 166 valence electrons. The molecule has 1 atom stereocenters. The summed E-state index contributed by atoms with van der Waals surface area (Å²) in [6, 6.07) is 14.4. The second kappa shape index (κ2) is 10.1. The first kappa shape index (κ1) is 23.0. The minimum Gasteiger partial charge on any atom is -0.324 e. The summed E-state index contributed by atoms with van der Waals surface area (Å²) in [5, 5.41) is 4.84. The van der Waals surface area contributed by atoms with E-state index in [0.717, 1.165) is 6.07 Å². The van der Waals surface area contributed by atoms with E-state index in [0.29, 0.717) is 17.3 Å². The maximum absolute atomic E-state index is 13.8. The summed E-state index contributed by atoms with van der Waals surface area (Å²) in [6.07, 6.45) is 0. The van der Waals surface area contributed by atoms with Crippen LogP contribution < -0.4 is 10.6 Å². The number of carbonyl (C=O) groups is 2. The van der Waals surface area contributed by atoms with Gasteiger partial charge in [0.1, 0.15) is 11.9 Å². The molecule has 0 saturated heterocycles. The van der Waals surface area contributed by atoms with Crippen LogP contribution in [0.2, 0.25) is 0 Å². The number of hydrogen-bond donors (Lipinski definition) is 2. The zero-order valence-electron chi connectivity index (χ0n) is 16.9. The topological polar surface area (TPSA) is 61.4 Å². The number of anilines is 2. The fourth-order valence-electron chi connectivity index (χ4n) is 3.12. The molecule has 0 unspecified atom stereocenters. The zero-order valence-corrected chi connectivity index (χ0v) is 16.9. The van der Waals surface area contributed by atoms with Crippen molar-refractivity contribution in [3.8, 4) is 0 Å². The summed E-state index contributed by atoms with van der Waals surface area (Å²) in [4.78, 5) is 26.8. The molecule has 3 aromatic rings. The molecule has 3 rings (SSSR count). The molecule has 0 radical (unpaired) electrons. The predicted molar refractivity (Wildman–Crippen MR) is 112 cm³/mol. The van der Waals surface area contributed by atoms with Gasteiger partial charge >= 0.3 is 0 Å². The lowest BCUT2D eigenvalue weighted by molar-refractivity contribution is -0.123. The van der Waals surface area contributed by atoms with Gasteiger partial charge in [0.15, 0.2) is 17.5 Å². The Balaban J connectivity index is 1.77. The van der Waals surface area contributed by atoms with E-state index >= 15 is 0 Å². The summed E-state index contributed by atoms with van der Waals surface area (Å²) < 4.78 is 53.5. The molecule has 0 aliphatic carbocycles. The fraction of sp³-hybridized carbons (Fsp3) is 0.130. The Bertz CT molecular complexity index is 1110. The standard InChI is InChI=1S/C23H19F4N3O2/c1-30(13-19(31)29-18-12-11-17(25)20(26)21(18)27)22(14-5-3-2-4-6-14)23(32)28-16-9-7-15(24)8-10-16/h2-12,22H,13H2,1H3,(H,28,32)(H,29,31)/t22-/m0/s1. The number of carbonyl (C=O) groups excluding carboxylic acids is 2. The summed E-state index contributed by atoms with van der Waals surface area (Å²) in [6.45, 7) is -0.366. The second-order valence-electron chi connectivity index (χ2n) is 7.00. The Labute approximate surface area is 181 Å². The number of likely N-dealkylation sites (N-methyl/N-ethyl adjacent to an activating group) is 1. The number of nitrogens with one attached hydrogen (secondary N) is 2. The minimum absolute atomic E-state index is 0.360. The average Bonchev–Trinajstić information content (AvgIpc) is 2.76. The van der Waals surface area contributed by atoms with Crippen LogP contribution in [0.3, 0.4) is 0 Å². The first-order valence-corrected chi connectivity index (χ1v) is 9.51. The molecule has 5 nitrogen and oxygen atoms in total. The highest BCUT2D eigenvalue weighted by Crippen LogP contribution is 2.23. The van der Waals surface area contributed by atoms with E-state index in [1.165, 1.54) is 36.2 Å². The molecule has 0 aliphatic rings. The molecule has 0 aliphatic heterocycles. The van der Waals surface area contributed by atoms with Gasteiger partial charge in [-0.3, -0.25) is 14.5 Å². The van der Waals surface area contributed by atoms with E-state index in [-0.39, 0.29) is 6.54 Å². The lowest BCUT2D eigenvalue weighted by atomic mass is 10.0. The van der Waals surface area contributed by atoms with Crippen molar-refractivity contribution in [1.82, 2.24) is 4.90 Å². The van der Waals surface area contributed by atoms with Gasteiger partial charge in [0.05, 0.1) is 12.2 Å². The highest BCUT2D eigenvalue weighted by atomic mass is 19.2. The summed E-state index contributed by atoms with van der Waals surface area (Å²) in [5.74, 6) is -6.28. The zero-order chi connectivity index (χ0) is 23.3. The molecule has 0 bridgehead atoms. The number of halogens is 4. The van der Waals surface area contributed by atoms with Gasteiger partial charge in [-0.15, -0.1) is 0 Å². The molecule has 0 spiro atoms. The number of rotatable bonds is 7. The van der Waals surface area contributed by atoms with Crippen LogP contribution >= 0.6 is 0 Å². The molecule has 3 aromatic carbocycles. The normalized spacial score (nSPS) is 11.8. The third-order valence-corrected chi connectivity index (χ3v) is 4.62. The van der Waals surface area contributed by atoms with Crippen LogP contribution in [0.5, 0.6) is 0 Å². The van der Waals surface area contributed by atoms with Crippen LogP contribution in [0.1, 0.15) is 11.6 Å². The molecule has 0 heterocycles. The van der Waals surface area contributed by atoms with E-state index in [2.05, 4.69) is 10.6 Å². The number of amides is 2. The molecule has 2 N–H and O–H groups in total. The van der Waals surface area contributed by atoms with Crippen molar-refractivity contribution in [1.29, 1.82) is 0 Å². The molecular formula is C23H19F4N3O2. The van der Waals surface area contributed by atoms with Gasteiger partial charge in [-0.05, 0) is 49.0 Å². The molecular weight excluding hydrogens is 426 g/mol. The van der Waals surface area contributed by atoms with Crippen LogP contribution in [0, 0.1) is 23.3 Å². The van der Waals surface area contributed by atoms with E-state index in [9.17, 15) is 27.2 Å². The van der Waals surface area contributed by atoms with Crippen molar-refractivity contribution in [3.05, 3.63) is 95.6 Å². The van der Waals surface area contributed by atoms with Crippen molar-refractivity contribution in [2.75, 3.05) is 24.2 Å². The third kappa shape index (κ3) is 5.50. The quantitative estimate of drug-likeness (QED) is 0.416. The highest BCUT2D eigenvalue weighted by Gasteiger charge is 2.27. The SMILES string of the molecule is CN(CC(=O)Nc1ccc(F)c(F)c1F)[C@H](C(=O)Nc1ccc(F)cc1)c1ccccc1. The Morgan fingerprint density at radius 1 is 0.844 bits per heavy atom. The first-order valence-electron chi connectivity index (χ1n) is 9.51. The van der Waals surface area contributed by atoms with Crippen molar-refractivity contribution in [2.24, 2.45) is 0 Å². The smallest absolute Gasteiger partial charge is 0.246 e. The summed E-state index contributed by atoms with van der Waals surface area (Å²) in [7, 11) is 1.50. The van der Waals surface area contributed by atoms with E-state index in [4.69, 9.17) is 0 Å². The summed E-state index contributed by atoms with van der Waals surface area (Å²) in [5.41, 5.74) is 0.412. The van der Waals surface area contributed by atoms with Crippen LogP contribution in [0.25, 0.3) is 0 Å². The second-order valence-corrected chi connectivity index (χ2v) is 7.00. The number of nitrogens with zero attached hydrogens (tertiary/aromatic N) is 1. The first-order chi connectivity index (χ1) is 15.3. The Morgan fingerprint density at radius 3 is 2.16 bits per heavy atom. The van der Waals surface area contributed by atoms with Crippen molar-refractivity contribution in [2.45, 2.75) is 6.04 Å². The van der Waals surface area contributed by atoms with Gasteiger partial charge in [0, 0.05) is 5.69 Å². The van der Waals surface area contributed by atoms with Gasteiger partial charge in [0.2, 0.25) is 11.8 Å². The van der Waals surface area contributed by atoms with Gasteiger partial charge < -0.3 is 10.6 Å². The average molecular weight is 445 g/mol. The molecule has 0 fully saturated rings. The monoisotopic (exact) mass is 445 g/mol. The molecule has 0 saturated carbocycles. The predicted octanol–water partition coefficient (Wildman–Crippen LogP) is 4.49. The van der Waals surface area contributed by atoms with Crippen molar-refractivity contribution >= 4 is 23.2 Å². The van der Waals surface area contributed by atoms with Crippen LogP contribution in [0.4, 0.5) is 28.9 Å². The van der Waals surface area contributed by atoms with Gasteiger partial charge in [0.25, 0.3) is 0 Å². The van der Waals surface area contributed by atoms with Gasteiger partial charge in [-0.25, -0.2) is 17.6 Å². The van der Waals surface area contributed by atoms with Crippen molar-refractivity contribution in [3.63, 3.8) is 0 Å².